The van der Waals surface area contributed by atoms with Gasteiger partial charge in [-0.2, -0.15) is 8.78 Å². The van der Waals surface area contributed by atoms with Gasteiger partial charge < -0.3 is 19.5 Å². The highest BCUT2D eigenvalue weighted by atomic mass is 35.5. The molecule has 0 amide bonds. The fourth-order valence-electron chi connectivity index (χ4n) is 3.36. The van der Waals surface area contributed by atoms with Gasteiger partial charge in [-0.25, -0.2) is 4.79 Å². The molecule has 0 saturated carbocycles. The molecule has 0 radical (unpaired) electrons. The molecule has 0 aromatic heterocycles. The molecule has 1 unspecified atom stereocenters. The van der Waals surface area contributed by atoms with Crippen molar-refractivity contribution in [3.05, 3.63) is 70.4 Å². The van der Waals surface area contributed by atoms with Crippen LogP contribution in [0.3, 0.4) is 0 Å². The quantitative estimate of drug-likeness (QED) is 0.328. The maximum Gasteiger partial charge on any atom is 0.387 e. The Kier molecular flexibility index (Phi) is 8.00. The molecule has 3 rings (SSSR count). The smallest absolute Gasteiger partial charge is 0.387 e. The molecular weight excluding hydrogens is 462 g/mol. The number of nitrogens with zero attached hydrogens (tertiary/aromatic N) is 1. The number of carbonyl (C=O) groups excluding carboxylic acids is 1. The minimum Gasteiger partial charge on any atom is -0.460 e. The number of anilines is 1. The van der Waals surface area contributed by atoms with E-state index in [0.717, 1.165) is 0 Å². The van der Waals surface area contributed by atoms with Gasteiger partial charge in [0.1, 0.15) is 12.4 Å². The van der Waals surface area contributed by atoms with Gasteiger partial charge in [0.25, 0.3) is 0 Å². The lowest BCUT2D eigenvalue weighted by Gasteiger charge is -2.38. The molecule has 1 atom stereocenters. The van der Waals surface area contributed by atoms with Crippen LogP contribution >= 0.6 is 23.8 Å². The number of carbonyl (C=O) groups is 1. The van der Waals surface area contributed by atoms with Crippen LogP contribution in [0.1, 0.15) is 18.5 Å². The monoisotopic (exact) mass is 482 g/mol. The van der Waals surface area contributed by atoms with Crippen LogP contribution in [0.4, 0.5) is 14.5 Å². The number of halogens is 3. The number of hydrogen-bond donors (Lipinski definition) is 1. The zero-order valence-electron chi connectivity index (χ0n) is 17.3. The van der Waals surface area contributed by atoms with E-state index in [1.807, 2.05) is 0 Å². The van der Waals surface area contributed by atoms with E-state index < -0.39 is 18.6 Å². The van der Waals surface area contributed by atoms with Crippen LogP contribution in [0.2, 0.25) is 5.02 Å². The highest BCUT2D eigenvalue weighted by Gasteiger charge is 2.37. The Morgan fingerprint density at radius 2 is 1.88 bits per heavy atom. The molecule has 1 aliphatic rings. The molecule has 1 heterocycles. The number of esters is 1. The van der Waals surface area contributed by atoms with Crippen LogP contribution in [0.15, 0.2) is 59.8 Å². The van der Waals surface area contributed by atoms with Gasteiger partial charge in [0.2, 0.25) is 0 Å². The molecule has 10 heteroatoms. The summed E-state index contributed by atoms with van der Waals surface area (Å²) in [7, 11) is 1.49. The molecule has 1 N–H and O–H groups in total. The molecular formula is C22H21ClF2N2O4S. The summed E-state index contributed by atoms with van der Waals surface area (Å²) in [4.78, 5) is 14.7. The van der Waals surface area contributed by atoms with E-state index in [1.165, 1.54) is 13.2 Å². The van der Waals surface area contributed by atoms with E-state index in [2.05, 4.69) is 10.1 Å². The molecule has 1 aliphatic heterocycles. The Morgan fingerprint density at radius 1 is 1.19 bits per heavy atom. The van der Waals surface area contributed by atoms with Crippen molar-refractivity contribution in [2.24, 2.45) is 0 Å². The number of methoxy groups -OCH3 is 1. The highest BCUT2D eigenvalue weighted by Crippen LogP contribution is 2.38. The molecule has 0 aliphatic carbocycles. The number of para-hydroxylation sites is 1. The van der Waals surface area contributed by atoms with Crippen molar-refractivity contribution in [2.75, 3.05) is 25.2 Å². The van der Waals surface area contributed by atoms with Crippen LogP contribution in [0.25, 0.3) is 0 Å². The van der Waals surface area contributed by atoms with Crippen molar-refractivity contribution in [1.82, 2.24) is 5.32 Å². The van der Waals surface area contributed by atoms with Gasteiger partial charge >= 0.3 is 12.6 Å². The number of rotatable bonds is 8. The Labute approximate surface area is 194 Å². The SMILES string of the molecule is COCCOC(=O)C1=C(C)N(c2ccc(Cl)cc2)C(=S)NC1c1ccccc1OC(F)F. The average Bonchev–Trinajstić information content (AvgIpc) is 2.74. The largest absolute Gasteiger partial charge is 0.460 e. The Morgan fingerprint density at radius 3 is 2.53 bits per heavy atom. The van der Waals surface area contributed by atoms with E-state index in [0.29, 0.717) is 22.0 Å². The zero-order chi connectivity index (χ0) is 23.3. The standard InChI is InChI=1S/C22H21ClF2N2O4S/c1-13-18(20(28)30-12-11-29-2)19(16-5-3-4-6-17(16)31-21(24)25)26-22(32)27(13)15-9-7-14(23)8-10-15/h3-10,19,21H,11-12H2,1-2H3,(H,26,32). The van der Waals surface area contributed by atoms with Gasteiger partial charge in [0, 0.05) is 29.1 Å². The number of hydrogen-bond acceptors (Lipinski definition) is 5. The maximum absolute atomic E-state index is 13.1. The number of nitrogens with one attached hydrogen (secondary N) is 1. The molecule has 2 aromatic rings. The Balaban J connectivity index is 2.10. The van der Waals surface area contributed by atoms with E-state index in [4.69, 9.17) is 33.3 Å². The third kappa shape index (κ3) is 5.35. The van der Waals surface area contributed by atoms with Crippen LogP contribution in [0.5, 0.6) is 5.75 Å². The van der Waals surface area contributed by atoms with Gasteiger partial charge in [-0.3, -0.25) is 4.90 Å². The molecule has 170 valence electrons. The second kappa shape index (κ2) is 10.7. The summed E-state index contributed by atoms with van der Waals surface area (Å²) in [6, 6.07) is 12.2. The lowest BCUT2D eigenvalue weighted by Crippen LogP contribution is -2.48. The number of thiocarbonyl (C=S) groups is 1. The highest BCUT2D eigenvalue weighted by molar-refractivity contribution is 7.80. The first-order valence-electron chi connectivity index (χ1n) is 9.60. The van der Waals surface area contributed by atoms with Gasteiger partial charge in [-0.15, -0.1) is 0 Å². The number of benzene rings is 2. The summed E-state index contributed by atoms with van der Waals surface area (Å²) in [6.45, 7) is -1.09. The topological polar surface area (TPSA) is 60.0 Å². The van der Waals surface area contributed by atoms with Crippen LogP contribution < -0.4 is 15.0 Å². The second-order valence-electron chi connectivity index (χ2n) is 6.74. The van der Waals surface area contributed by atoms with Crippen molar-refractivity contribution in [2.45, 2.75) is 19.6 Å². The van der Waals surface area contributed by atoms with Crippen molar-refractivity contribution < 1.29 is 27.8 Å². The minimum absolute atomic E-state index is 0.0272. The van der Waals surface area contributed by atoms with Crippen molar-refractivity contribution >= 4 is 40.6 Å². The fraction of sp³-hybridized carbons (Fsp3) is 0.273. The maximum atomic E-state index is 13.1. The first-order chi connectivity index (χ1) is 15.3. The van der Waals surface area contributed by atoms with Gasteiger partial charge in [0.15, 0.2) is 5.11 Å². The predicted octanol–water partition coefficient (Wildman–Crippen LogP) is 4.84. The lowest BCUT2D eigenvalue weighted by atomic mass is 9.94. The number of allylic oxidation sites excluding steroid dienone is 1. The van der Waals surface area contributed by atoms with Gasteiger partial charge in [-0.05, 0) is 49.5 Å². The normalized spacial score (nSPS) is 16.2. The minimum atomic E-state index is -3.03. The fourth-order valence-corrected chi connectivity index (χ4v) is 3.85. The molecule has 0 fully saturated rings. The summed E-state index contributed by atoms with van der Waals surface area (Å²) in [5, 5.41) is 3.89. The van der Waals surface area contributed by atoms with E-state index in [9.17, 15) is 13.6 Å². The van der Waals surface area contributed by atoms with Crippen LogP contribution in [0, 0.1) is 0 Å². The van der Waals surface area contributed by atoms with Gasteiger partial charge in [-0.1, -0.05) is 29.8 Å². The molecule has 0 spiro atoms. The third-order valence-corrected chi connectivity index (χ3v) is 5.31. The van der Waals surface area contributed by atoms with E-state index in [1.54, 1.807) is 54.3 Å². The first kappa shape index (κ1) is 23.9. The summed E-state index contributed by atoms with van der Waals surface area (Å²) in [5.74, 6) is -0.705. The Hall–Kier alpha value is -2.75. The summed E-state index contributed by atoms with van der Waals surface area (Å²) in [5.41, 5.74) is 1.68. The molecule has 0 saturated heterocycles. The molecule has 2 aromatic carbocycles. The number of alkyl halides is 2. The summed E-state index contributed by atoms with van der Waals surface area (Å²) in [6.07, 6.45) is 0. The number of ether oxygens (including phenoxy) is 3. The molecule has 6 nitrogen and oxygen atoms in total. The first-order valence-corrected chi connectivity index (χ1v) is 10.4. The van der Waals surface area contributed by atoms with Crippen LogP contribution in [-0.4, -0.2) is 38.0 Å². The summed E-state index contributed by atoms with van der Waals surface area (Å²) >= 11 is 11.6. The summed E-state index contributed by atoms with van der Waals surface area (Å²) < 4.78 is 41.0. The second-order valence-corrected chi connectivity index (χ2v) is 7.56. The average molecular weight is 483 g/mol. The van der Waals surface area contributed by atoms with Crippen molar-refractivity contribution in [1.29, 1.82) is 0 Å². The van der Waals surface area contributed by atoms with Crippen molar-refractivity contribution in [3.63, 3.8) is 0 Å². The van der Waals surface area contributed by atoms with Crippen molar-refractivity contribution in [3.8, 4) is 5.75 Å². The molecule has 0 bridgehead atoms. The predicted molar refractivity (Wildman–Crippen MR) is 121 cm³/mol. The van der Waals surface area contributed by atoms with E-state index in [-0.39, 0.29) is 29.6 Å². The third-order valence-electron chi connectivity index (χ3n) is 4.76. The zero-order valence-corrected chi connectivity index (χ0v) is 18.9. The molecule has 32 heavy (non-hydrogen) atoms. The van der Waals surface area contributed by atoms with Crippen LogP contribution in [-0.2, 0) is 14.3 Å². The Bertz CT molecular complexity index is 1020. The van der Waals surface area contributed by atoms with E-state index >= 15 is 0 Å². The van der Waals surface area contributed by atoms with Gasteiger partial charge in [0.05, 0.1) is 18.2 Å². The lowest BCUT2D eigenvalue weighted by molar-refractivity contribution is -0.140.